The molecule has 0 heterocycles. The Morgan fingerprint density at radius 3 is 2.25 bits per heavy atom. The molecule has 2 aromatic rings. The van der Waals surface area contributed by atoms with E-state index >= 15 is 0 Å². The zero-order valence-corrected chi connectivity index (χ0v) is 14.2. The second-order valence-corrected chi connectivity index (χ2v) is 6.00. The fraction of sp³-hybridized carbons (Fsp3) is 0.333. The minimum absolute atomic E-state index is 0.0328. The maximum atomic E-state index is 14.1. The van der Waals surface area contributed by atoms with Crippen LogP contribution in [0.25, 0.3) is 11.1 Å². The van der Waals surface area contributed by atoms with E-state index in [9.17, 15) is 17.6 Å². The van der Waals surface area contributed by atoms with Gasteiger partial charge in [0.15, 0.2) is 0 Å². The zero-order chi connectivity index (χ0) is 18.1. The first-order valence-electron chi connectivity index (χ1n) is 7.33. The van der Waals surface area contributed by atoms with Gasteiger partial charge in [-0.1, -0.05) is 19.9 Å². The second kappa shape index (κ2) is 7.01. The highest BCUT2D eigenvalue weighted by atomic mass is 35.5. The van der Waals surface area contributed by atoms with Gasteiger partial charge in [-0.05, 0) is 40.8 Å². The molecule has 0 aliphatic heterocycles. The van der Waals surface area contributed by atoms with Crippen LogP contribution in [0, 0.1) is 5.82 Å². The molecule has 2 aromatic carbocycles. The molecule has 0 radical (unpaired) electrons. The summed E-state index contributed by atoms with van der Waals surface area (Å²) in [6.45, 7) is 3.62. The first-order chi connectivity index (χ1) is 11.2. The van der Waals surface area contributed by atoms with Crippen molar-refractivity contribution in [2.45, 2.75) is 31.8 Å². The smallest absolute Gasteiger partial charge is 0.416 e. The maximum Gasteiger partial charge on any atom is 0.416 e. The van der Waals surface area contributed by atoms with Crippen LogP contribution >= 0.6 is 11.6 Å². The minimum Gasteiger partial charge on any atom is -0.496 e. The Morgan fingerprint density at radius 2 is 1.75 bits per heavy atom. The molecule has 0 aliphatic carbocycles. The summed E-state index contributed by atoms with van der Waals surface area (Å²) in [4.78, 5) is 0. The molecule has 0 saturated heterocycles. The summed E-state index contributed by atoms with van der Waals surface area (Å²) in [5, 5.41) is 0. The van der Waals surface area contributed by atoms with Crippen molar-refractivity contribution in [3.8, 4) is 16.9 Å². The molecule has 0 aromatic heterocycles. The van der Waals surface area contributed by atoms with E-state index in [0.29, 0.717) is 22.3 Å². The SMILES string of the molecule is COc1cc(F)c(C(C)C)cc1-c1cc(C(F)(F)F)ccc1CCl. The van der Waals surface area contributed by atoms with E-state index in [1.165, 1.54) is 25.3 Å². The summed E-state index contributed by atoms with van der Waals surface area (Å²) >= 11 is 5.88. The van der Waals surface area contributed by atoms with Crippen LogP contribution in [-0.2, 0) is 12.1 Å². The van der Waals surface area contributed by atoms with Crippen LogP contribution in [0.1, 0.15) is 36.5 Å². The van der Waals surface area contributed by atoms with Gasteiger partial charge >= 0.3 is 6.18 Å². The maximum absolute atomic E-state index is 14.1. The average molecular weight is 361 g/mol. The van der Waals surface area contributed by atoms with Crippen molar-refractivity contribution in [2.24, 2.45) is 0 Å². The lowest BCUT2D eigenvalue weighted by Crippen LogP contribution is -2.06. The Morgan fingerprint density at radius 1 is 1.08 bits per heavy atom. The molecule has 0 bridgehead atoms. The van der Waals surface area contributed by atoms with Crippen LogP contribution in [0.15, 0.2) is 30.3 Å². The van der Waals surface area contributed by atoms with Crippen molar-refractivity contribution in [1.82, 2.24) is 0 Å². The quantitative estimate of drug-likeness (QED) is 0.454. The third-order valence-electron chi connectivity index (χ3n) is 3.81. The van der Waals surface area contributed by atoms with Crippen LogP contribution in [0.5, 0.6) is 5.75 Å². The number of hydrogen-bond acceptors (Lipinski definition) is 1. The van der Waals surface area contributed by atoms with Gasteiger partial charge in [-0.25, -0.2) is 4.39 Å². The third-order valence-corrected chi connectivity index (χ3v) is 4.10. The van der Waals surface area contributed by atoms with E-state index in [1.807, 2.05) is 13.8 Å². The molecule has 0 spiro atoms. The van der Waals surface area contributed by atoms with Crippen LogP contribution < -0.4 is 4.74 Å². The third kappa shape index (κ3) is 3.66. The average Bonchev–Trinajstić information content (AvgIpc) is 2.52. The van der Waals surface area contributed by atoms with Crippen molar-refractivity contribution >= 4 is 11.6 Å². The van der Waals surface area contributed by atoms with Gasteiger partial charge in [0.25, 0.3) is 0 Å². The van der Waals surface area contributed by atoms with Gasteiger partial charge in [-0.3, -0.25) is 0 Å². The van der Waals surface area contributed by atoms with Gasteiger partial charge in [0.05, 0.1) is 12.7 Å². The lowest BCUT2D eigenvalue weighted by atomic mass is 9.92. The Kier molecular flexibility index (Phi) is 5.43. The van der Waals surface area contributed by atoms with Crippen molar-refractivity contribution < 1.29 is 22.3 Å². The van der Waals surface area contributed by atoms with Gasteiger partial charge in [-0.2, -0.15) is 13.2 Å². The summed E-state index contributed by atoms with van der Waals surface area (Å²) in [5.74, 6) is -0.377. The van der Waals surface area contributed by atoms with Gasteiger partial charge < -0.3 is 4.74 Å². The topological polar surface area (TPSA) is 9.23 Å². The van der Waals surface area contributed by atoms with Crippen molar-refractivity contribution in [3.05, 3.63) is 52.8 Å². The molecule has 24 heavy (non-hydrogen) atoms. The molecule has 0 fully saturated rings. The highest BCUT2D eigenvalue weighted by Gasteiger charge is 2.31. The molecule has 1 nitrogen and oxygen atoms in total. The van der Waals surface area contributed by atoms with Gasteiger partial charge in [0.1, 0.15) is 11.6 Å². The largest absolute Gasteiger partial charge is 0.496 e. The summed E-state index contributed by atoms with van der Waals surface area (Å²) in [6.07, 6.45) is -4.48. The Balaban J connectivity index is 2.76. The van der Waals surface area contributed by atoms with E-state index < -0.39 is 17.6 Å². The monoisotopic (exact) mass is 360 g/mol. The second-order valence-electron chi connectivity index (χ2n) is 5.73. The molecule has 0 N–H and O–H groups in total. The van der Waals surface area contributed by atoms with E-state index in [4.69, 9.17) is 16.3 Å². The standard InChI is InChI=1S/C18H17ClF4O/c1-10(2)13-7-15(17(24-3)8-16(13)20)14-6-12(18(21,22)23)5-4-11(14)9-19/h4-8,10H,9H2,1-3H3. The molecule has 0 atom stereocenters. The van der Waals surface area contributed by atoms with E-state index in [1.54, 1.807) is 0 Å². The molecule has 0 unspecified atom stereocenters. The lowest BCUT2D eigenvalue weighted by Gasteiger charge is -2.17. The minimum atomic E-state index is -4.48. The van der Waals surface area contributed by atoms with Gasteiger partial charge in [0.2, 0.25) is 0 Å². The highest BCUT2D eigenvalue weighted by Crippen LogP contribution is 2.40. The first-order valence-corrected chi connectivity index (χ1v) is 7.86. The molecular weight excluding hydrogens is 344 g/mol. The zero-order valence-electron chi connectivity index (χ0n) is 13.5. The number of methoxy groups -OCH3 is 1. The number of hydrogen-bond donors (Lipinski definition) is 0. The van der Waals surface area contributed by atoms with E-state index in [0.717, 1.165) is 12.1 Å². The number of benzene rings is 2. The Labute approximate surface area is 143 Å². The van der Waals surface area contributed by atoms with Crippen LogP contribution in [0.3, 0.4) is 0 Å². The molecule has 0 amide bonds. The van der Waals surface area contributed by atoms with Crippen molar-refractivity contribution in [3.63, 3.8) is 0 Å². The van der Waals surface area contributed by atoms with Gasteiger partial charge in [0, 0.05) is 17.5 Å². The number of alkyl halides is 4. The normalized spacial score (nSPS) is 11.9. The van der Waals surface area contributed by atoms with E-state index in [-0.39, 0.29) is 17.5 Å². The number of ether oxygens (including phenoxy) is 1. The molecule has 0 aliphatic rings. The van der Waals surface area contributed by atoms with E-state index in [2.05, 4.69) is 0 Å². The Hall–Kier alpha value is -1.75. The molecular formula is C18H17ClF4O. The lowest BCUT2D eigenvalue weighted by molar-refractivity contribution is -0.137. The summed E-state index contributed by atoms with van der Waals surface area (Å²) in [5.41, 5.74) is 0.819. The molecule has 0 saturated carbocycles. The molecule has 6 heteroatoms. The fourth-order valence-corrected chi connectivity index (χ4v) is 2.75. The number of halogens is 5. The Bertz CT molecular complexity index is 739. The molecule has 2 rings (SSSR count). The summed E-state index contributed by atoms with van der Waals surface area (Å²) in [7, 11) is 1.35. The summed E-state index contributed by atoms with van der Waals surface area (Å²) in [6, 6.07) is 6.08. The summed E-state index contributed by atoms with van der Waals surface area (Å²) < 4.78 is 58.5. The van der Waals surface area contributed by atoms with Crippen molar-refractivity contribution in [1.29, 1.82) is 0 Å². The predicted molar refractivity (Wildman–Crippen MR) is 87.0 cm³/mol. The molecule has 130 valence electrons. The highest BCUT2D eigenvalue weighted by molar-refractivity contribution is 6.17. The van der Waals surface area contributed by atoms with Crippen LogP contribution in [0.4, 0.5) is 17.6 Å². The predicted octanol–water partition coefficient (Wildman–Crippen LogP) is 6.38. The van der Waals surface area contributed by atoms with Crippen LogP contribution in [-0.4, -0.2) is 7.11 Å². The first kappa shape index (κ1) is 18.6. The van der Waals surface area contributed by atoms with Gasteiger partial charge in [-0.15, -0.1) is 11.6 Å². The van der Waals surface area contributed by atoms with Crippen LogP contribution in [0.2, 0.25) is 0 Å². The van der Waals surface area contributed by atoms with Crippen molar-refractivity contribution in [2.75, 3.05) is 7.11 Å². The number of rotatable bonds is 4. The fourth-order valence-electron chi connectivity index (χ4n) is 2.51.